The number of nitrogens with zero attached hydrogens (tertiary/aromatic N) is 2. The van der Waals surface area contributed by atoms with Gasteiger partial charge in [0.25, 0.3) is 0 Å². The molecule has 0 radical (unpaired) electrons. The van der Waals surface area contributed by atoms with E-state index in [9.17, 15) is 4.79 Å². The van der Waals surface area contributed by atoms with Crippen molar-refractivity contribution < 1.29 is 9.53 Å². The Morgan fingerprint density at radius 2 is 2.08 bits per heavy atom. The Balaban J connectivity index is 1.61. The molecule has 3 rings (SSSR count). The molecule has 1 aromatic carbocycles. The summed E-state index contributed by atoms with van der Waals surface area (Å²) in [6, 6.07) is 14.0. The minimum Gasteiger partial charge on any atom is -0.367 e. The standard InChI is InChI=1S/C20H25N3O2/c1-3-16-9-10-21-18(11-16)12-22-20(24)23-13-15(2)25-19(14-23)17-7-5-4-6-8-17/h4-11,15,19H,3,12-14H2,1-2H3,(H,22,24). The molecular formula is C20H25N3O2. The SMILES string of the molecule is CCc1ccnc(CNC(=O)N2CC(C)OC(c3ccccc3)C2)c1. The number of rotatable bonds is 4. The van der Waals surface area contributed by atoms with E-state index in [2.05, 4.69) is 17.2 Å². The molecule has 1 N–H and O–H groups in total. The minimum atomic E-state index is -0.0859. The highest BCUT2D eigenvalue weighted by Gasteiger charge is 2.29. The molecule has 2 heterocycles. The van der Waals surface area contributed by atoms with Crippen LogP contribution in [0.5, 0.6) is 0 Å². The van der Waals surface area contributed by atoms with Crippen LogP contribution in [0.2, 0.25) is 0 Å². The number of hydrogen-bond acceptors (Lipinski definition) is 3. The maximum atomic E-state index is 12.6. The Kier molecular flexibility index (Phi) is 5.66. The predicted octanol–water partition coefficient (Wildman–Crippen LogP) is 3.32. The molecule has 0 saturated carbocycles. The first kappa shape index (κ1) is 17.4. The van der Waals surface area contributed by atoms with E-state index in [1.807, 2.05) is 54.3 Å². The third-order valence-corrected chi connectivity index (χ3v) is 4.43. The van der Waals surface area contributed by atoms with Gasteiger partial charge in [-0.3, -0.25) is 4.98 Å². The van der Waals surface area contributed by atoms with Gasteiger partial charge >= 0.3 is 6.03 Å². The first-order valence-corrected chi connectivity index (χ1v) is 8.82. The zero-order chi connectivity index (χ0) is 17.6. The van der Waals surface area contributed by atoms with Crippen molar-refractivity contribution in [2.75, 3.05) is 13.1 Å². The highest BCUT2D eigenvalue weighted by atomic mass is 16.5. The lowest BCUT2D eigenvalue weighted by Gasteiger charge is -2.37. The predicted molar refractivity (Wildman–Crippen MR) is 97.2 cm³/mol. The lowest BCUT2D eigenvalue weighted by Crippen LogP contribution is -2.49. The van der Waals surface area contributed by atoms with Crippen LogP contribution >= 0.6 is 0 Å². The summed E-state index contributed by atoms with van der Waals surface area (Å²) in [6.45, 7) is 5.70. The molecule has 1 aromatic heterocycles. The number of ether oxygens (including phenoxy) is 1. The van der Waals surface area contributed by atoms with Crippen molar-refractivity contribution in [3.05, 3.63) is 65.5 Å². The second kappa shape index (κ2) is 8.12. The molecule has 1 aliphatic rings. The summed E-state index contributed by atoms with van der Waals surface area (Å²) in [5.74, 6) is 0. The first-order chi connectivity index (χ1) is 12.2. The highest BCUT2D eigenvalue weighted by Crippen LogP contribution is 2.25. The van der Waals surface area contributed by atoms with Gasteiger partial charge in [0.1, 0.15) is 6.10 Å². The van der Waals surface area contributed by atoms with Gasteiger partial charge in [0.15, 0.2) is 0 Å². The maximum absolute atomic E-state index is 12.6. The van der Waals surface area contributed by atoms with Gasteiger partial charge in [0.2, 0.25) is 0 Å². The van der Waals surface area contributed by atoms with E-state index in [4.69, 9.17) is 4.74 Å². The summed E-state index contributed by atoms with van der Waals surface area (Å²) in [4.78, 5) is 18.7. The average molecular weight is 339 g/mol. The first-order valence-electron chi connectivity index (χ1n) is 8.82. The van der Waals surface area contributed by atoms with Crippen LogP contribution in [0.3, 0.4) is 0 Å². The molecule has 0 aliphatic carbocycles. The molecule has 1 aliphatic heterocycles. The lowest BCUT2D eigenvalue weighted by molar-refractivity contribution is -0.0657. The third-order valence-electron chi connectivity index (χ3n) is 4.43. The van der Waals surface area contributed by atoms with Crippen LogP contribution in [0.15, 0.2) is 48.7 Å². The monoisotopic (exact) mass is 339 g/mol. The molecule has 132 valence electrons. The molecule has 2 aromatic rings. The van der Waals surface area contributed by atoms with Crippen LogP contribution in [-0.4, -0.2) is 35.1 Å². The molecule has 0 spiro atoms. The number of urea groups is 1. The van der Waals surface area contributed by atoms with E-state index in [0.717, 1.165) is 17.7 Å². The number of morpholine rings is 1. The molecule has 2 amide bonds. The second-order valence-electron chi connectivity index (χ2n) is 6.42. The molecule has 5 heteroatoms. The normalized spacial score (nSPS) is 20.3. The van der Waals surface area contributed by atoms with Crippen LogP contribution < -0.4 is 5.32 Å². The number of carbonyl (C=O) groups is 1. The van der Waals surface area contributed by atoms with E-state index >= 15 is 0 Å². The van der Waals surface area contributed by atoms with Crippen molar-refractivity contribution in [2.24, 2.45) is 0 Å². The number of nitrogens with one attached hydrogen (secondary N) is 1. The highest BCUT2D eigenvalue weighted by molar-refractivity contribution is 5.74. The zero-order valence-corrected chi connectivity index (χ0v) is 14.8. The number of benzene rings is 1. The van der Waals surface area contributed by atoms with Crippen molar-refractivity contribution in [1.29, 1.82) is 0 Å². The Bertz CT molecular complexity index is 705. The molecule has 1 fully saturated rings. The van der Waals surface area contributed by atoms with Crippen molar-refractivity contribution in [2.45, 2.75) is 39.0 Å². The summed E-state index contributed by atoms with van der Waals surface area (Å²) in [5.41, 5.74) is 3.21. The summed E-state index contributed by atoms with van der Waals surface area (Å²) >= 11 is 0. The fourth-order valence-corrected chi connectivity index (χ4v) is 3.09. The van der Waals surface area contributed by atoms with Gasteiger partial charge in [-0.15, -0.1) is 0 Å². The van der Waals surface area contributed by atoms with Crippen molar-refractivity contribution in [1.82, 2.24) is 15.2 Å². The summed E-state index contributed by atoms with van der Waals surface area (Å²) < 4.78 is 6.01. The molecule has 2 unspecified atom stereocenters. The fourth-order valence-electron chi connectivity index (χ4n) is 3.09. The second-order valence-corrected chi connectivity index (χ2v) is 6.42. The summed E-state index contributed by atoms with van der Waals surface area (Å²) in [6.07, 6.45) is 2.68. The van der Waals surface area contributed by atoms with Gasteiger partial charge in [-0.25, -0.2) is 4.79 Å². The van der Waals surface area contributed by atoms with E-state index in [-0.39, 0.29) is 18.2 Å². The quantitative estimate of drug-likeness (QED) is 0.930. The number of carbonyl (C=O) groups excluding carboxylic acids is 1. The Hall–Kier alpha value is -2.40. The third kappa shape index (κ3) is 4.57. The Labute approximate surface area is 149 Å². The van der Waals surface area contributed by atoms with E-state index in [1.54, 1.807) is 6.20 Å². The van der Waals surface area contributed by atoms with Crippen molar-refractivity contribution in [3.63, 3.8) is 0 Å². The van der Waals surface area contributed by atoms with E-state index in [1.165, 1.54) is 5.56 Å². The van der Waals surface area contributed by atoms with Gasteiger partial charge in [-0.1, -0.05) is 37.3 Å². The van der Waals surface area contributed by atoms with Gasteiger partial charge < -0.3 is 15.0 Å². The van der Waals surface area contributed by atoms with Crippen molar-refractivity contribution >= 4 is 6.03 Å². The number of amides is 2. The van der Waals surface area contributed by atoms with Crippen LogP contribution in [0, 0.1) is 0 Å². The maximum Gasteiger partial charge on any atom is 0.317 e. The molecule has 0 bridgehead atoms. The van der Waals surface area contributed by atoms with Gasteiger partial charge in [0, 0.05) is 12.7 Å². The van der Waals surface area contributed by atoms with Crippen LogP contribution in [0.25, 0.3) is 0 Å². The number of aryl methyl sites for hydroxylation is 1. The molecular weight excluding hydrogens is 314 g/mol. The number of pyridine rings is 1. The molecule has 5 nitrogen and oxygen atoms in total. The van der Waals surface area contributed by atoms with Crippen molar-refractivity contribution in [3.8, 4) is 0 Å². The van der Waals surface area contributed by atoms with Crippen LogP contribution in [0.1, 0.15) is 36.8 Å². The smallest absolute Gasteiger partial charge is 0.317 e. The summed E-state index contributed by atoms with van der Waals surface area (Å²) in [7, 11) is 0. The Morgan fingerprint density at radius 3 is 2.84 bits per heavy atom. The van der Waals surface area contributed by atoms with Crippen LogP contribution in [-0.2, 0) is 17.7 Å². The average Bonchev–Trinajstić information content (AvgIpc) is 2.66. The van der Waals surface area contributed by atoms with E-state index < -0.39 is 0 Å². The van der Waals surface area contributed by atoms with Crippen LogP contribution in [0.4, 0.5) is 4.79 Å². The zero-order valence-electron chi connectivity index (χ0n) is 14.8. The largest absolute Gasteiger partial charge is 0.367 e. The number of hydrogen-bond donors (Lipinski definition) is 1. The Morgan fingerprint density at radius 1 is 1.28 bits per heavy atom. The van der Waals surface area contributed by atoms with Gasteiger partial charge in [-0.05, 0) is 36.6 Å². The fraction of sp³-hybridized carbons (Fsp3) is 0.400. The molecule has 1 saturated heterocycles. The lowest BCUT2D eigenvalue weighted by atomic mass is 10.1. The summed E-state index contributed by atoms with van der Waals surface area (Å²) in [5, 5.41) is 2.98. The molecule has 25 heavy (non-hydrogen) atoms. The van der Waals surface area contributed by atoms with Gasteiger partial charge in [-0.2, -0.15) is 0 Å². The van der Waals surface area contributed by atoms with Gasteiger partial charge in [0.05, 0.1) is 24.9 Å². The number of aromatic nitrogens is 1. The molecule has 2 atom stereocenters. The minimum absolute atomic E-state index is 0.00579. The topological polar surface area (TPSA) is 54.5 Å². The van der Waals surface area contributed by atoms with E-state index in [0.29, 0.717) is 19.6 Å².